The minimum absolute atomic E-state index is 0.103. The SMILES string of the molecule is N#CCc1c(Cl)cnc(-c2cc(Cl)ccc2Cl)c1Cl. The first-order chi connectivity index (χ1) is 9.04. The van der Waals surface area contributed by atoms with Crippen LogP contribution in [0.25, 0.3) is 11.3 Å². The summed E-state index contributed by atoms with van der Waals surface area (Å²) in [5, 5.41) is 10.5. The molecule has 0 unspecified atom stereocenters. The maximum atomic E-state index is 8.79. The summed E-state index contributed by atoms with van der Waals surface area (Å²) in [5.41, 5.74) is 1.60. The highest BCUT2D eigenvalue weighted by Gasteiger charge is 2.15. The summed E-state index contributed by atoms with van der Waals surface area (Å²) in [5.74, 6) is 0. The van der Waals surface area contributed by atoms with Gasteiger partial charge in [0.05, 0.1) is 33.3 Å². The average molecular weight is 332 g/mol. The maximum absolute atomic E-state index is 8.79. The molecule has 1 heterocycles. The third-order valence-electron chi connectivity index (χ3n) is 2.51. The minimum Gasteiger partial charge on any atom is -0.253 e. The molecule has 0 N–H and O–H groups in total. The van der Waals surface area contributed by atoms with Gasteiger partial charge in [0, 0.05) is 22.3 Å². The second kappa shape index (κ2) is 5.98. The molecule has 96 valence electrons. The lowest BCUT2D eigenvalue weighted by molar-refractivity contribution is 1.21. The summed E-state index contributed by atoms with van der Waals surface area (Å²) >= 11 is 24.3. The zero-order valence-corrected chi connectivity index (χ0v) is 12.4. The summed E-state index contributed by atoms with van der Waals surface area (Å²) < 4.78 is 0. The summed E-state index contributed by atoms with van der Waals surface area (Å²) in [7, 11) is 0. The van der Waals surface area contributed by atoms with E-state index in [-0.39, 0.29) is 6.42 Å². The molecule has 19 heavy (non-hydrogen) atoms. The van der Waals surface area contributed by atoms with Gasteiger partial charge in [-0.05, 0) is 18.2 Å². The quantitative estimate of drug-likeness (QED) is 0.735. The fourth-order valence-corrected chi connectivity index (χ4v) is 2.57. The van der Waals surface area contributed by atoms with Gasteiger partial charge in [-0.2, -0.15) is 5.26 Å². The van der Waals surface area contributed by atoms with Crippen molar-refractivity contribution in [1.29, 1.82) is 5.26 Å². The zero-order chi connectivity index (χ0) is 14.0. The third kappa shape index (κ3) is 2.96. The first-order valence-electron chi connectivity index (χ1n) is 5.20. The summed E-state index contributed by atoms with van der Waals surface area (Å²) in [6, 6.07) is 7.02. The van der Waals surface area contributed by atoms with E-state index in [4.69, 9.17) is 51.7 Å². The molecule has 2 nitrogen and oxygen atoms in total. The monoisotopic (exact) mass is 330 g/mol. The van der Waals surface area contributed by atoms with Crippen molar-refractivity contribution in [2.45, 2.75) is 6.42 Å². The van der Waals surface area contributed by atoms with E-state index in [0.717, 1.165) is 0 Å². The Hall–Kier alpha value is -0.980. The van der Waals surface area contributed by atoms with E-state index in [9.17, 15) is 0 Å². The number of rotatable bonds is 2. The number of nitrogens with zero attached hydrogens (tertiary/aromatic N) is 2. The van der Waals surface area contributed by atoms with Crippen LogP contribution >= 0.6 is 46.4 Å². The number of benzene rings is 1. The van der Waals surface area contributed by atoms with E-state index >= 15 is 0 Å². The topological polar surface area (TPSA) is 36.7 Å². The minimum atomic E-state index is 0.103. The lowest BCUT2D eigenvalue weighted by atomic mass is 10.1. The van der Waals surface area contributed by atoms with Gasteiger partial charge >= 0.3 is 0 Å². The highest BCUT2D eigenvalue weighted by atomic mass is 35.5. The highest BCUT2D eigenvalue weighted by Crippen LogP contribution is 2.37. The fourth-order valence-electron chi connectivity index (χ4n) is 1.61. The Labute approximate surface area is 130 Å². The van der Waals surface area contributed by atoms with Crippen molar-refractivity contribution < 1.29 is 0 Å². The van der Waals surface area contributed by atoms with Crippen LogP contribution in [0.4, 0.5) is 0 Å². The molecule has 0 amide bonds. The van der Waals surface area contributed by atoms with Crippen molar-refractivity contribution in [3.8, 4) is 17.3 Å². The van der Waals surface area contributed by atoms with Gasteiger partial charge in [0.25, 0.3) is 0 Å². The van der Waals surface area contributed by atoms with Crippen molar-refractivity contribution in [3.63, 3.8) is 0 Å². The van der Waals surface area contributed by atoms with Crippen LogP contribution in [-0.4, -0.2) is 4.98 Å². The van der Waals surface area contributed by atoms with E-state index in [1.165, 1.54) is 6.20 Å². The van der Waals surface area contributed by atoms with Gasteiger partial charge in [0.15, 0.2) is 0 Å². The van der Waals surface area contributed by atoms with Crippen LogP contribution in [-0.2, 0) is 6.42 Å². The molecule has 1 aromatic carbocycles. The van der Waals surface area contributed by atoms with Gasteiger partial charge in [0.2, 0.25) is 0 Å². The van der Waals surface area contributed by atoms with Gasteiger partial charge in [0.1, 0.15) is 0 Å². The van der Waals surface area contributed by atoms with E-state index < -0.39 is 0 Å². The second-order valence-corrected chi connectivity index (χ2v) is 5.34. The molecule has 0 aliphatic heterocycles. The molecule has 0 aliphatic carbocycles. The van der Waals surface area contributed by atoms with E-state index in [1.807, 2.05) is 6.07 Å². The number of halogens is 4. The van der Waals surface area contributed by atoms with Gasteiger partial charge in [-0.15, -0.1) is 0 Å². The molecule has 6 heteroatoms. The van der Waals surface area contributed by atoms with Crippen molar-refractivity contribution in [2.75, 3.05) is 0 Å². The molecule has 2 aromatic rings. The van der Waals surface area contributed by atoms with Gasteiger partial charge in [-0.1, -0.05) is 46.4 Å². The largest absolute Gasteiger partial charge is 0.253 e. The molecule has 0 spiro atoms. The number of pyridine rings is 1. The Kier molecular flexibility index (Phi) is 4.54. The first-order valence-corrected chi connectivity index (χ1v) is 6.71. The predicted octanol–water partition coefficient (Wildman–Crippen LogP) is 5.43. The molecule has 0 saturated carbocycles. The Morgan fingerprint density at radius 3 is 2.53 bits per heavy atom. The molecule has 0 bridgehead atoms. The average Bonchev–Trinajstić information content (AvgIpc) is 2.38. The molecule has 0 atom stereocenters. The Bertz CT molecular complexity index is 677. The van der Waals surface area contributed by atoms with Crippen LogP contribution in [0.1, 0.15) is 5.56 Å². The van der Waals surface area contributed by atoms with Crippen LogP contribution < -0.4 is 0 Å². The molecule has 0 radical (unpaired) electrons. The molecular weight excluding hydrogens is 326 g/mol. The lowest BCUT2D eigenvalue weighted by Gasteiger charge is -2.10. The zero-order valence-electron chi connectivity index (χ0n) is 9.42. The van der Waals surface area contributed by atoms with Crippen molar-refractivity contribution in [3.05, 3.63) is 50.0 Å². The second-order valence-electron chi connectivity index (χ2n) is 3.71. The van der Waals surface area contributed by atoms with Gasteiger partial charge in [-0.3, -0.25) is 4.98 Å². The number of hydrogen-bond donors (Lipinski definition) is 0. The molecule has 0 saturated heterocycles. The van der Waals surface area contributed by atoms with Crippen molar-refractivity contribution >= 4 is 46.4 Å². The predicted molar refractivity (Wildman–Crippen MR) is 79.0 cm³/mol. The maximum Gasteiger partial charge on any atom is 0.0907 e. The Balaban J connectivity index is 2.67. The van der Waals surface area contributed by atoms with E-state index in [1.54, 1.807) is 18.2 Å². The molecule has 1 aromatic heterocycles. The summed E-state index contributed by atoms with van der Waals surface area (Å²) in [6.45, 7) is 0. The van der Waals surface area contributed by atoms with Crippen LogP contribution in [0.15, 0.2) is 24.4 Å². The van der Waals surface area contributed by atoms with Crippen LogP contribution in [0.3, 0.4) is 0 Å². The first kappa shape index (κ1) is 14.4. The van der Waals surface area contributed by atoms with Gasteiger partial charge < -0.3 is 0 Å². The third-order valence-corrected chi connectivity index (χ3v) is 3.81. The lowest BCUT2D eigenvalue weighted by Crippen LogP contribution is -1.93. The van der Waals surface area contributed by atoms with Crippen molar-refractivity contribution in [2.24, 2.45) is 0 Å². The van der Waals surface area contributed by atoms with Gasteiger partial charge in [-0.25, -0.2) is 0 Å². The molecule has 2 rings (SSSR count). The van der Waals surface area contributed by atoms with E-state index in [0.29, 0.717) is 36.9 Å². The summed E-state index contributed by atoms with van der Waals surface area (Å²) in [4.78, 5) is 4.18. The number of nitriles is 1. The molecule has 0 fully saturated rings. The Morgan fingerprint density at radius 2 is 1.84 bits per heavy atom. The van der Waals surface area contributed by atoms with E-state index in [2.05, 4.69) is 4.98 Å². The molecular formula is C13H6Cl4N2. The van der Waals surface area contributed by atoms with Crippen LogP contribution in [0.5, 0.6) is 0 Å². The number of hydrogen-bond acceptors (Lipinski definition) is 2. The molecule has 0 aliphatic rings. The normalized spacial score (nSPS) is 10.3. The highest BCUT2D eigenvalue weighted by molar-refractivity contribution is 6.39. The standard InChI is InChI=1S/C13H6Cl4N2/c14-7-1-2-10(15)9(5-7)13-12(17)8(3-4-18)11(16)6-19-13/h1-2,5-6H,3H2. The summed E-state index contributed by atoms with van der Waals surface area (Å²) in [6.07, 6.45) is 1.55. The Morgan fingerprint density at radius 1 is 1.11 bits per heavy atom. The number of aromatic nitrogens is 1. The van der Waals surface area contributed by atoms with Crippen molar-refractivity contribution in [1.82, 2.24) is 4.98 Å². The smallest absolute Gasteiger partial charge is 0.0907 e. The van der Waals surface area contributed by atoms with Crippen LogP contribution in [0.2, 0.25) is 20.1 Å². The fraction of sp³-hybridized carbons (Fsp3) is 0.0769. The van der Waals surface area contributed by atoms with Crippen LogP contribution in [0, 0.1) is 11.3 Å².